The Balaban J connectivity index is 0.944. The van der Waals surface area contributed by atoms with Gasteiger partial charge in [0.05, 0.1) is 11.6 Å². The summed E-state index contributed by atoms with van der Waals surface area (Å²) in [5.74, 6) is -1.52. The quantitative estimate of drug-likeness (QED) is 0.133. The fourth-order valence-corrected chi connectivity index (χ4v) is 9.10. The van der Waals surface area contributed by atoms with E-state index >= 15 is 0 Å². The Morgan fingerprint density at radius 1 is 0.611 bits per heavy atom. The van der Waals surface area contributed by atoms with Crippen LogP contribution in [0.1, 0.15) is 114 Å². The molecule has 7 rings (SSSR count). The monoisotopic (exact) mass is 742 g/mol. The lowest BCUT2D eigenvalue weighted by Gasteiger charge is -2.31. The molecule has 0 N–H and O–H groups in total. The fraction of sp³-hybridized carbons (Fsp3) is 0.571. The average molecular weight is 743 g/mol. The lowest BCUT2D eigenvalue weighted by molar-refractivity contribution is -0.148. The molecule has 2 aromatic carbocycles. The first-order valence-electron chi connectivity index (χ1n) is 19.2. The van der Waals surface area contributed by atoms with Crippen molar-refractivity contribution in [2.45, 2.75) is 128 Å². The number of likely N-dealkylation sites (tertiary alicyclic amines) is 2. The first-order valence-corrected chi connectivity index (χ1v) is 19.2. The Labute approximate surface area is 315 Å². The highest BCUT2D eigenvalue weighted by molar-refractivity contribution is 6.08. The molecule has 6 atom stereocenters. The van der Waals surface area contributed by atoms with Gasteiger partial charge in [-0.2, -0.15) is 0 Å². The Morgan fingerprint density at radius 2 is 1.11 bits per heavy atom. The van der Waals surface area contributed by atoms with Crippen LogP contribution in [0.5, 0.6) is 0 Å². The first-order chi connectivity index (χ1) is 25.5. The number of hydrogen-bond donors (Lipinski definition) is 0. The smallest absolute Gasteiger partial charge is 0.411 e. The minimum Gasteiger partial charge on any atom is -0.456 e. The summed E-state index contributed by atoms with van der Waals surface area (Å²) in [6, 6.07) is 8.68. The zero-order valence-corrected chi connectivity index (χ0v) is 32.0. The van der Waals surface area contributed by atoms with Crippen LogP contribution in [0, 0.1) is 11.8 Å². The van der Waals surface area contributed by atoms with Crippen LogP contribution >= 0.6 is 0 Å². The number of carbonyl (C=O) groups excluding carboxylic acids is 6. The van der Waals surface area contributed by atoms with E-state index in [0.717, 1.165) is 60.8 Å². The van der Waals surface area contributed by atoms with Gasteiger partial charge in [-0.3, -0.25) is 19.4 Å². The van der Waals surface area contributed by atoms with E-state index in [1.54, 1.807) is 82.8 Å². The highest BCUT2D eigenvalue weighted by Gasteiger charge is 2.51. The molecule has 3 aliphatic carbocycles. The minimum atomic E-state index is -0.792. The second kappa shape index (κ2) is 14.2. The highest BCUT2D eigenvalue weighted by atomic mass is 16.6. The maximum absolute atomic E-state index is 13.4. The molecule has 12 heteroatoms. The number of hydrogen-bond acceptors (Lipinski definition) is 10. The Bertz CT molecular complexity index is 1740. The number of fused-ring (bicyclic) bond motifs is 6. The van der Waals surface area contributed by atoms with Crippen LogP contribution in [0.2, 0.25) is 0 Å². The van der Waals surface area contributed by atoms with E-state index in [2.05, 4.69) is 0 Å². The molecule has 5 aliphatic rings. The summed E-state index contributed by atoms with van der Waals surface area (Å²) >= 11 is 0. The maximum Gasteiger partial charge on any atom is 0.411 e. The number of carbonyl (C=O) groups is 6. The molecule has 2 saturated heterocycles. The van der Waals surface area contributed by atoms with Crippen LogP contribution in [-0.4, -0.2) is 94.1 Å². The van der Waals surface area contributed by atoms with Crippen LogP contribution in [0.3, 0.4) is 0 Å². The Hall–Kier alpha value is -4.74. The molecule has 12 nitrogen and oxygen atoms in total. The Morgan fingerprint density at radius 3 is 1.67 bits per heavy atom. The molecule has 288 valence electrons. The zero-order valence-electron chi connectivity index (χ0n) is 32.0. The fourth-order valence-electron chi connectivity index (χ4n) is 9.10. The number of amides is 2. The lowest BCUT2D eigenvalue weighted by atomic mass is 9.78. The maximum atomic E-state index is 13.4. The number of nitrogens with zero attached hydrogens (tertiary/aromatic N) is 2. The van der Waals surface area contributed by atoms with Crippen molar-refractivity contribution >= 4 is 35.7 Å². The summed E-state index contributed by atoms with van der Waals surface area (Å²) in [5, 5.41) is 0. The SMILES string of the molecule is CC(C)(C)OC(=O)N1[C@H](C(=O)COC(=O)c2ccc3c(c2)-c2ccc(C(=O)COC(=O)[C@@H]4C[C@@H]5CCC[C@@H]5N4C(=O)OC(C)(C)C)cc2-3)C[C@@H]2CCC[C@@H]21. The van der Waals surface area contributed by atoms with Crippen LogP contribution < -0.4 is 0 Å². The van der Waals surface area contributed by atoms with Gasteiger partial charge in [0.1, 0.15) is 17.2 Å². The van der Waals surface area contributed by atoms with E-state index in [1.165, 1.54) is 4.90 Å². The van der Waals surface area contributed by atoms with E-state index in [4.69, 9.17) is 18.9 Å². The summed E-state index contributed by atoms with van der Waals surface area (Å²) in [6.45, 7) is 9.82. The molecule has 54 heavy (non-hydrogen) atoms. The molecule has 2 saturated carbocycles. The van der Waals surface area contributed by atoms with Crippen molar-refractivity contribution in [1.82, 2.24) is 9.80 Å². The second-order valence-electron chi connectivity index (χ2n) is 17.4. The van der Waals surface area contributed by atoms with E-state index in [-0.39, 0.29) is 41.0 Å². The van der Waals surface area contributed by atoms with Gasteiger partial charge in [-0.1, -0.05) is 31.0 Å². The van der Waals surface area contributed by atoms with Crippen LogP contribution in [-0.2, 0) is 28.5 Å². The predicted molar refractivity (Wildman–Crippen MR) is 197 cm³/mol. The van der Waals surface area contributed by atoms with Gasteiger partial charge in [-0.15, -0.1) is 0 Å². The number of ketones is 2. The van der Waals surface area contributed by atoms with Crippen molar-refractivity contribution < 1.29 is 47.7 Å². The van der Waals surface area contributed by atoms with Gasteiger partial charge in [0.15, 0.2) is 24.8 Å². The zero-order chi connectivity index (χ0) is 38.7. The van der Waals surface area contributed by atoms with Crippen LogP contribution in [0.15, 0.2) is 36.4 Å². The molecule has 4 fully saturated rings. The van der Waals surface area contributed by atoms with Gasteiger partial charge in [0.2, 0.25) is 0 Å². The van der Waals surface area contributed by atoms with Gasteiger partial charge >= 0.3 is 24.1 Å². The van der Waals surface area contributed by atoms with E-state index in [1.807, 2.05) is 0 Å². The molecule has 2 heterocycles. The van der Waals surface area contributed by atoms with Crippen molar-refractivity contribution in [3.8, 4) is 22.3 Å². The summed E-state index contributed by atoms with van der Waals surface area (Å²) in [5.41, 5.74) is 2.58. The number of benzene rings is 2. The van der Waals surface area contributed by atoms with E-state index < -0.39 is 60.6 Å². The molecule has 0 bridgehead atoms. The van der Waals surface area contributed by atoms with E-state index in [9.17, 15) is 28.8 Å². The summed E-state index contributed by atoms with van der Waals surface area (Å²) in [7, 11) is 0. The van der Waals surface area contributed by atoms with Crippen molar-refractivity contribution in [3.63, 3.8) is 0 Å². The summed E-state index contributed by atoms with van der Waals surface area (Å²) in [4.78, 5) is 82.2. The third kappa shape index (κ3) is 7.36. The average Bonchev–Trinajstić information content (AvgIpc) is 3.87. The largest absolute Gasteiger partial charge is 0.456 e. The standard InChI is InChI=1S/C42H50N2O10/c1-41(2,3)53-39(49)43-31-11-7-9-23(31)19-33(43)36(46)22-51-37(47)26-14-16-28-29-17-25(13-15-27(29)30(28)18-26)35(45)21-52-38(48)34-20-24-10-8-12-32(24)44(34)40(50)54-42(4,5)6/h13-18,23-24,31-34H,7-12,19-22H2,1-6H3/t23-,24-,31-,32-,33-,34-/m0/s1. The summed E-state index contributed by atoms with van der Waals surface area (Å²) in [6.07, 6.45) is 5.49. The third-order valence-corrected chi connectivity index (χ3v) is 11.4. The van der Waals surface area contributed by atoms with Gasteiger partial charge < -0.3 is 18.9 Å². The normalized spacial score (nSPS) is 25.1. The van der Waals surface area contributed by atoms with Crippen molar-refractivity contribution in [1.29, 1.82) is 0 Å². The predicted octanol–water partition coefficient (Wildman–Crippen LogP) is 7.14. The van der Waals surface area contributed by atoms with Gasteiger partial charge in [0, 0.05) is 17.6 Å². The molecular weight excluding hydrogens is 692 g/mol. The van der Waals surface area contributed by atoms with Gasteiger partial charge in [-0.05, 0) is 132 Å². The molecule has 0 aromatic heterocycles. The highest BCUT2D eigenvalue weighted by Crippen LogP contribution is 2.48. The van der Waals surface area contributed by atoms with E-state index in [0.29, 0.717) is 18.4 Å². The summed E-state index contributed by atoms with van der Waals surface area (Å²) < 4.78 is 22.2. The topological polar surface area (TPSA) is 146 Å². The molecule has 2 aliphatic heterocycles. The minimum absolute atomic E-state index is 0.0446. The second-order valence-corrected chi connectivity index (χ2v) is 17.4. The van der Waals surface area contributed by atoms with Crippen molar-refractivity contribution in [2.75, 3.05) is 13.2 Å². The number of esters is 2. The molecule has 2 amide bonds. The molecule has 2 aromatic rings. The van der Waals surface area contributed by atoms with Crippen LogP contribution in [0.25, 0.3) is 22.3 Å². The number of rotatable bonds is 8. The van der Waals surface area contributed by atoms with Crippen molar-refractivity contribution in [3.05, 3.63) is 47.5 Å². The van der Waals surface area contributed by atoms with Gasteiger partial charge in [0.25, 0.3) is 0 Å². The number of Topliss-reactive ketones (excluding diaryl/α,β-unsaturated/α-hetero) is 2. The Kier molecular flexibility index (Phi) is 9.85. The van der Waals surface area contributed by atoms with Crippen LogP contribution in [0.4, 0.5) is 9.59 Å². The molecule has 0 spiro atoms. The molecular formula is C42H50N2O10. The third-order valence-electron chi connectivity index (χ3n) is 11.4. The lowest BCUT2D eigenvalue weighted by Crippen LogP contribution is -2.48. The first kappa shape index (κ1) is 37.6. The van der Waals surface area contributed by atoms with Gasteiger partial charge in [-0.25, -0.2) is 19.2 Å². The molecule has 0 unspecified atom stereocenters. The number of ether oxygens (including phenoxy) is 4. The van der Waals surface area contributed by atoms with Crippen molar-refractivity contribution in [2.24, 2.45) is 11.8 Å². The molecule has 0 radical (unpaired) electrons.